The molecular weight excluding hydrogens is 334 g/mol. The third-order valence-corrected chi connectivity index (χ3v) is 4.59. The van der Waals surface area contributed by atoms with Crippen LogP contribution in [0.15, 0.2) is 79.1 Å². The molecule has 0 atom stereocenters. The van der Waals surface area contributed by atoms with Gasteiger partial charge in [-0.3, -0.25) is 4.98 Å². The zero-order valence-electron chi connectivity index (χ0n) is 15.5. The summed E-state index contributed by atoms with van der Waals surface area (Å²) in [5.41, 5.74) is 4.39. The Bertz CT molecular complexity index is 1090. The number of methoxy groups -OCH3 is 1. The summed E-state index contributed by atoms with van der Waals surface area (Å²) in [4.78, 5) is 4.40. The van der Waals surface area contributed by atoms with Gasteiger partial charge in [0.1, 0.15) is 6.61 Å². The molecule has 0 N–H and O–H groups in total. The second-order valence-corrected chi connectivity index (χ2v) is 6.59. The summed E-state index contributed by atoms with van der Waals surface area (Å²) in [6.45, 7) is 2.47. The maximum atomic E-state index is 5.97. The number of hydrogen-bond acceptors (Lipinski definition) is 3. The molecule has 27 heavy (non-hydrogen) atoms. The highest BCUT2D eigenvalue weighted by molar-refractivity contribution is 5.87. The largest absolute Gasteiger partial charge is 0.493 e. The molecule has 0 bridgehead atoms. The molecule has 0 amide bonds. The Labute approximate surface area is 159 Å². The van der Waals surface area contributed by atoms with Gasteiger partial charge in [-0.05, 0) is 53.1 Å². The minimum atomic E-state index is 0.438. The number of pyridine rings is 1. The Morgan fingerprint density at radius 2 is 1.63 bits per heavy atom. The Kier molecular flexibility index (Phi) is 4.75. The number of aromatic nitrogens is 1. The van der Waals surface area contributed by atoms with Crippen LogP contribution in [0.4, 0.5) is 0 Å². The first-order valence-electron chi connectivity index (χ1n) is 8.93. The second-order valence-electron chi connectivity index (χ2n) is 6.59. The number of rotatable bonds is 5. The van der Waals surface area contributed by atoms with E-state index < -0.39 is 0 Å². The van der Waals surface area contributed by atoms with Crippen molar-refractivity contribution in [2.24, 2.45) is 0 Å². The standard InChI is InChI=1S/C24H21NO2/c1-17-7-10-23(24(11-17)26-2)27-16-18-12-22(15-25-14-18)21-9-8-19-5-3-4-6-20(19)13-21/h3-15H,16H2,1-2H3. The molecule has 0 spiro atoms. The summed E-state index contributed by atoms with van der Waals surface area (Å²) < 4.78 is 11.4. The van der Waals surface area contributed by atoms with E-state index in [-0.39, 0.29) is 0 Å². The van der Waals surface area contributed by atoms with E-state index in [0.717, 1.165) is 33.8 Å². The Morgan fingerprint density at radius 1 is 0.778 bits per heavy atom. The average molecular weight is 355 g/mol. The summed E-state index contributed by atoms with van der Waals surface area (Å²) in [6, 6.07) is 22.9. The highest BCUT2D eigenvalue weighted by Gasteiger charge is 2.06. The van der Waals surface area contributed by atoms with Gasteiger partial charge in [0, 0.05) is 23.5 Å². The Morgan fingerprint density at radius 3 is 2.48 bits per heavy atom. The van der Waals surface area contributed by atoms with Crippen molar-refractivity contribution < 1.29 is 9.47 Å². The van der Waals surface area contributed by atoms with E-state index in [0.29, 0.717) is 6.61 Å². The van der Waals surface area contributed by atoms with Gasteiger partial charge < -0.3 is 9.47 Å². The Hall–Kier alpha value is -3.33. The van der Waals surface area contributed by atoms with E-state index in [2.05, 4.69) is 53.5 Å². The lowest BCUT2D eigenvalue weighted by Crippen LogP contribution is -1.99. The number of nitrogens with zero attached hydrogens (tertiary/aromatic N) is 1. The molecule has 0 unspecified atom stereocenters. The minimum absolute atomic E-state index is 0.438. The first-order valence-corrected chi connectivity index (χ1v) is 8.93. The van der Waals surface area contributed by atoms with Crippen molar-refractivity contribution in [3.05, 3.63) is 90.3 Å². The third-order valence-electron chi connectivity index (χ3n) is 4.59. The van der Waals surface area contributed by atoms with E-state index in [9.17, 15) is 0 Å². The molecule has 1 aromatic heterocycles. The van der Waals surface area contributed by atoms with Crippen molar-refractivity contribution in [2.45, 2.75) is 13.5 Å². The molecule has 0 saturated heterocycles. The zero-order chi connectivity index (χ0) is 18.6. The number of benzene rings is 3. The van der Waals surface area contributed by atoms with Crippen LogP contribution in [0.1, 0.15) is 11.1 Å². The lowest BCUT2D eigenvalue weighted by atomic mass is 10.0. The molecule has 0 aliphatic heterocycles. The maximum Gasteiger partial charge on any atom is 0.161 e. The van der Waals surface area contributed by atoms with Crippen LogP contribution in [0.2, 0.25) is 0 Å². The van der Waals surface area contributed by atoms with Gasteiger partial charge in [-0.25, -0.2) is 0 Å². The summed E-state index contributed by atoms with van der Waals surface area (Å²) in [5, 5.41) is 2.46. The SMILES string of the molecule is COc1cc(C)ccc1OCc1cncc(-c2ccc3ccccc3c2)c1. The fourth-order valence-corrected chi connectivity index (χ4v) is 3.15. The molecule has 0 saturated carbocycles. The van der Waals surface area contributed by atoms with Crippen LogP contribution in [0.5, 0.6) is 11.5 Å². The topological polar surface area (TPSA) is 31.4 Å². The van der Waals surface area contributed by atoms with Crippen LogP contribution in [0, 0.1) is 6.92 Å². The summed E-state index contributed by atoms with van der Waals surface area (Å²) in [6.07, 6.45) is 3.73. The molecule has 0 radical (unpaired) electrons. The van der Waals surface area contributed by atoms with E-state index in [4.69, 9.17) is 9.47 Å². The monoisotopic (exact) mass is 355 g/mol. The smallest absolute Gasteiger partial charge is 0.161 e. The van der Waals surface area contributed by atoms with Crippen LogP contribution >= 0.6 is 0 Å². The minimum Gasteiger partial charge on any atom is -0.493 e. The first kappa shape index (κ1) is 17.1. The van der Waals surface area contributed by atoms with Gasteiger partial charge in [0.05, 0.1) is 7.11 Å². The van der Waals surface area contributed by atoms with Crippen LogP contribution in [-0.2, 0) is 6.61 Å². The quantitative estimate of drug-likeness (QED) is 0.453. The van der Waals surface area contributed by atoms with E-state index >= 15 is 0 Å². The number of ether oxygens (including phenoxy) is 2. The fourth-order valence-electron chi connectivity index (χ4n) is 3.15. The van der Waals surface area contributed by atoms with Crippen LogP contribution in [0.3, 0.4) is 0 Å². The van der Waals surface area contributed by atoms with Gasteiger partial charge in [-0.15, -0.1) is 0 Å². The summed E-state index contributed by atoms with van der Waals surface area (Å²) in [5.74, 6) is 1.48. The molecule has 0 fully saturated rings. The zero-order valence-corrected chi connectivity index (χ0v) is 15.5. The van der Waals surface area contributed by atoms with Gasteiger partial charge in [0.25, 0.3) is 0 Å². The van der Waals surface area contributed by atoms with Gasteiger partial charge in [0.15, 0.2) is 11.5 Å². The molecule has 0 aliphatic carbocycles. The van der Waals surface area contributed by atoms with E-state index in [1.807, 2.05) is 37.5 Å². The lowest BCUT2D eigenvalue weighted by molar-refractivity contribution is 0.284. The molecule has 3 nitrogen and oxygen atoms in total. The molecule has 0 aliphatic rings. The van der Waals surface area contributed by atoms with Gasteiger partial charge in [-0.2, -0.15) is 0 Å². The van der Waals surface area contributed by atoms with Crippen LogP contribution in [-0.4, -0.2) is 12.1 Å². The first-order chi connectivity index (χ1) is 13.2. The maximum absolute atomic E-state index is 5.97. The lowest BCUT2D eigenvalue weighted by Gasteiger charge is -2.12. The molecular formula is C24H21NO2. The van der Waals surface area contributed by atoms with Gasteiger partial charge >= 0.3 is 0 Å². The molecule has 1 heterocycles. The van der Waals surface area contributed by atoms with Crippen molar-refractivity contribution in [1.29, 1.82) is 0 Å². The Balaban J connectivity index is 1.57. The number of hydrogen-bond donors (Lipinski definition) is 0. The predicted octanol–water partition coefficient (Wildman–Crippen LogP) is 5.80. The number of fused-ring (bicyclic) bond motifs is 1. The van der Waals surface area contributed by atoms with Crippen molar-refractivity contribution in [3.8, 4) is 22.6 Å². The van der Waals surface area contributed by atoms with Crippen molar-refractivity contribution in [3.63, 3.8) is 0 Å². The van der Waals surface area contributed by atoms with Crippen molar-refractivity contribution in [1.82, 2.24) is 4.98 Å². The highest BCUT2D eigenvalue weighted by atomic mass is 16.5. The average Bonchev–Trinajstić information content (AvgIpc) is 2.72. The summed E-state index contributed by atoms with van der Waals surface area (Å²) in [7, 11) is 1.66. The second kappa shape index (κ2) is 7.50. The van der Waals surface area contributed by atoms with Crippen LogP contribution in [0.25, 0.3) is 21.9 Å². The predicted molar refractivity (Wildman–Crippen MR) is 109 cm³/mol. The number of aryl methyl sites for hydroxylation is 1. The van der Waals surface area contributed by atoms with E-state index in [1.54, 1.807) is 7.11 Å². The van der Waals surface area contributed by atoms with Crippen molar-refractivity contribution in [2.75, 3.05) is 7.11 Å². The molecule has 4 aromatic rings. The van der Waals surface area contributed by atoms with E-state index in [1.165, 1.54) is 10.8 Å². The van der Waals surface area contributed by atoms with Gasteiger partial charge in [0.2, 0.25) is 0 Å². The van der Waals surface area contributed by atoms with Crippen LogP contribution < -0.4 is 9.47 Å². The highest BCUT2D eigenvalue weighted by Crippen LogP contribution is 2.29. The molecule has 3 aromatic carbocycles. The molecule has 134 valence electrons. The van der Waals surface area contributed by atoms with Crippen molar-refractivity contribution >= 4 is 10.8 Å². The third kappa shape index (κ3) is 3.77. The van der Waals surface area contributed by atoms with Gasteiger partial charge in [-0.1, -0.05) is 42.5 Å². The summed E-state index contributed by atoms with van der Waals surface area (Å²) >= 11 is 0. The fraction of sp³-hybridized carbons (Fsp3) is 0.125. The molecule has 3 heteroatoms. The normalized spacial score (nSPS) is 10.7. The molecule has 4 rings (SSSR count).